The number of rotatable bonds is 4. The Kier molecular flexibility index (Phi) is 32.3. The summed E-state index contributed by atoms with van der Waals surface area (Å²) in [7, 11) is 0. The van der Waals surface area contributed by atoms with E-state index in [-0.39, 0.29) is 89.0 Å². The molecule has 0 spiro atoms. The van der Waals surface area contributed by atoms with E-state index < -0.39 is 0 Å². The fourth-order valence-electron chi connectivity index (χ4n) is 16.6. The van der Waals surface area contributed by atoms with Crippen LogP contribution in [0.15, 0.2) is 133 Å². The first-order valence-corrected chi connectivity index (χ1v) is 45.6. The molecule has 664 valence electrons. The van der Waals surface area contributed by atoms with E-state index in [0.29, 0.717) is 17.9 Å². The maximum Gasteiger partial charge on any atom is 0.253 e. The van der Waals surface area contributed by atoms with Crippen LogP contribution in [0.5, 0.6) is 0 Å². The van der Waals surface area contributed by atoms with Gasteiger partial charge in [0.1, 0.15) is 0 Å². The predicted octanol–water partition coefficient (Wildman–Crippen LogP) is 24.3. The summed E-state index contributed by atoms with van der Waals surface area (Å²) in [5.74, 6) is 1.91. The van der Waals surface area contributed by atoms with Crippen LogP contribution in [0.4, 0.5) is 0 Å². The van der Waals surface area contributed by atoms with Crippen LogP contribution in [0, 0.1) is 28.1 Å². The maximum atomic E-state index is 12.7. The van der Waals surface area contributed by atoms with Crippen LogP contribution in [0.1, 0.15) is 365 Å². The van der Waals surface area contributed by atoms with Crippen molar-refractivity contribution in [3.8, 4) is 0 Å². The van der Waals surface area contributed by atoms with Crippen molar-refractivity contribution in [2.24, 2.45) is 28.1 Å². The first-order valence-electron chi connectivity index (χ1n) is 45.6. The lowest BCUT2D eigenvalue weighted by molar-refractivity contribution is 0.0449. The van der Waals surface area contributed by atoms with Crippen LogP contribution >= 0.6 is 0 Å². The average molecular weight is 1640 g/mol. The molecule has 12 rings (SSSR count). The van der Waals surface area contributed by atoms with E-state index in [1.807, 2.05) is 68.1 Å². The van der Waals surface area contributed by atoms with Crippen molar-refractivity contribution >= 4 is 23.6 Å². The topological polar surface area (TPSA) is 103 Å². The van der Waals surface area contributed by atoms with Gasteiger partial charge in [-0.1, -0.05) is 272 Å². The smallest absolute Gasteiger partial charge is 0.253 e. The van der Waals surface area contributed by atoms with Crippen molar-refractivity contribution in [3.63, 3.8) is 0 Å². The SMILES string of the molecule is CC(C)(C)c1ccc(C(=O)N2CCC(C(C)(C)C)C2)cc1.CC(C)(C)c1ccc(C(=O)N2CCN(C(C)(C)C)CC2)cc1.CC(C)(C)c1ccc2c(c1)CN(C(C)(C)C)C2.CC(C)(C)c1ccc2c(c1)CNC2C(C)(C)C.CC(C)(C)c1cccc(C(=O)N2CCC(C(C)(C)C)C2)c1.CC(C)(C)c1cccc(C(=O)N2CCN(C(C)(C)C)CC2)c1. The minimum atomic E-state index is 0.0707. The normalized spacial score (nSPS) is 18.8. The fraction of sp³-hybridized carbons (Fsp3) is 0.630. The van der Waals surface area contributed by atoms with E-state index in [1.165, 1.54) is 55.6 Å². The largest absolute Gasteiger partial charge is 0.338 e. The molecular formula is C108H168N8O4. The molecule has 6 aromatic carbocycles. The highest BCUT2D eigenvalue weighted by Crippen LogP contribution is 2.42. The van der Waals surface area contributed by atoms with Crippen molar-refractivity contribution in [1.29, 1.82) is 0 Å². The number of likely N-dealkylation sites (tertiary alicyclic amines) is 2. The number of piperazine rings is 2. The van der Waals surface area contributed by atoms with Crippen molar-refractivity contribution < 1.29 is 19.2 Å². The number of nitrogens with one attached hydrogen (secondary N) is 1. The summed E-state index contributed by atoms with van der Waals surface area (Å²) in [6, 6.07) is 47.0. The highest BCUT2D eigenvalue weighted by atomic mass is 16.2. The second-order valence-electron chi connectivity index (χ2n) is 48.0. The van der Waals surface area contributed by atoms with Crippen LogP contribution in [0.25, 0.3) is 0 Å². The monoisotopic (exact) mass is 1640 g/mol. The summed E-state index contributed by atoms with van der Waals surface area (Å²) < 4.78 is 0. The lowest BCUT2D eigenvalue weighted by Gasteiger charge is -2.42. The standard InChI is InChI=1S/2C19H30N2O.2C19H29NO.2C16H25N/c1-18(2,3)16-9-7-15(8-10-16)17(22)20-11-13-21(14-12-20)19(4,5)6;1-18(2,3)16-9-7-8-15(14-16)17(22)20-10-12-21(13-11-20)19(4,5)6;1-18(2,3)15-9-7-14(8-10-15)17(21)20-12-11-16(13-20)19(4,5)6;1-18(2,3)15-9-7-8-14(12-15)17(21)20-11-10-16(13-20)19(4,5)6;1-15(2,3)14-8-7-12-10-17(16(4,5)6)11-13(12)9-14;1-15(2,3)12-7-8-13-11(9-12)10-17-14(13)16(4,5)6/h7-10H,11-14H2,1-6H3;7-9,14H,10-13H2,1-6H3;7-10,16H,11-13H2,1-6H3;7-9,12,16H,10-11,13H2,1-6H3;7-9H,10-11H2,1-6H3;7-9,14,17H,10H2,1-6H3. The number of hydrogen-bond donors (Lipinski definition) is 1. The van der Waals surface area contributed by atoms with Crippen molar-refractivity contribution in [1.82, 2.24) is 39.6 Å². The van der Waals surface area contributed by atoms with Crippen LogP contribution in [0.2, 0.25) is 0 Å². The number of nitrogens with zero attached hydrogens (tertiary/aromatic N) is 7. The van der Waals surface area contributed by atoms with Gasteiger partial charge in [0.05, 0.1) is 0 Å². The van der Waals surface area contributed by atoms with Gasteiger partial charge in [-0.3, -0.25) is 33.9 Å². The number of hydrogen-bond acceptors (Lipinski definition) is 8. The summed E-state index contributed by atoms with van der Waals surface area (Å²) in [5.41, 5.74) is 19.5. The van der Waals surface area contributed by atoms with Crippen molar-refractivity contribution in [2.75, 3.05) is 78.5 Å². The zero-order valence-electron chi connectivity index (χ0n) is 82.7. The number of benzene rings is 6. The van der Waals surface area contributed by atoms with E-state index in [1.54, 1.807) is 0 Å². The third kappa shape index (κ3) is 28.3. The van der Waals surface area contributed by atoms with Crippen LogP contribution in [-0.2, 0) is 52.1 Å². The molecule has 6 aromatic rings. The number of fused-ring (bicyclic) bond motifs is 2. The van der Waals surface area contributed by atoms with Gasteiger partial charge >= 0.3 is 0 Å². The maximum absolute atomic E-state index is 12.7. The molecule has 12 heteroatoms. The molecule has 0 aliphatic carbocycles. The number of carbonyl (C=O) groups excluding carboxylic acids is 4. The quantitative estimate of drug-likeness (QED) is 0.186. The average Bonchev–Trinajstić information content (AvgIpc) is 1.64. The zero-order valence-corrected chi connectivity index (χ0v) is 82.7. The fourth-order valence-corrected chi connectivity index (χ4v) is 16.6. The molecular weight excluding hydrogens is 1470 g/mol. The van der Waals surface area contributed by atoms with Gasteiger partial charge in [-0.2, -0.15) is 0 Å². The molecule has 4 amide bonds. The molecule has 120 heavy (non-hydrogen) atoms. The van der Waals surface area contributed by atoms with Gasteiger partial charge in [0.25, 0.3) is 23.6 Å². The Labute approximate surface area is 733 Å². The molecule has 6 heterocycles. The molecule has 3 unspecified atom stereocenters. The summed E-state index contributed by atoms with van der Waals surface area (Å²) in [5, 5.41) is 3.64. The third-order valence-corrected chi connectivity index (χ3v) is 25.8. The van der Waals surface area contributed by atoms with E-state index in [4.69, 9.17) is 0 Å². The van der Waals surface area contributed by atoms with Gasteiger partial charge in [-0.15, -0.1) is 0 Å². The van der Waals surface area contributed by atoms with Gasteiger partial charge in [-0.25, -0.2) is 0 Å². The Morgan fingerprint density at radius 1 is 0.275 bits per heavy atom. The molecule has 6 aliphatic heterocycles. The Morgan fingerprint density at radius 3 is 0.900 bits per heavy atom. The Balaban J connectivity index is 0.000000199. The molecule has 4 saturated heterocycles. The van der Waals surface area contributed by atoms with Gasteiger partial charge in [-0.05, 0) is 240 Å². The summed E-state index contributed by atoms with van der Waals surface area (Å²) in [6.45, 7) is 94.6. The van der Waals surface area contributed by atoms with Crippen LogP contribution in [0.3, 0.4) is 0 Å². The first kappa shape index (κ1) is 100. The van der Waals surface area contributed by atoms with Gasteiger partial charge in [0.2, 0.25) is 0 Å². The number of amides is 4. The van der Waals surface area contributed by atoms with Crippen LogP contribution in [-0.4, -0.2) is 153 Å². The Morgan fingerprint density at radius 2 is 0.575 bits per heavy atom. The predicted molar refractivity (Wildman–Crippen MR) is 510 cm³/mol. The molecule has 12 nitrogen and oxygen atoms in total. The lowest BCUT2D eigenvalue weighted by atomic mass is 9.80. The molecule has 6 aliphatic rings. The molecule has 0 radical (unpaired) electrons. The summed E-state index contributed by atoms with van der Waals surface area (Å²) in [6.07, 6.45) is 2.24. The molecule has 1 N–H and O–H groups in total. The molecule has 3 atom stereocenters. The lowest BCUT2D eigenvalue weighted by Crippen LogP contribution is -2.54. The molecule has 0 bridgehead atoms. The highest BCUT2D eigenvalue weighted by Gasteiger charge is 2.39. The zero-order chi connectivity index (χ0) is 90.5. The summed E-state index contributed by atoms with van der Waals surface area (Å²) in [4.78, 5) is 66.1. The van der Waals surface area contributed by atoms with Crippen molar-refractivity contribution in [2.45, 2.75) is 337 Å². The summed E-state index contributed by atoms with van der Waals surface area (Å²) >= 11 is 0. The van der Waals surface area contributed by atoms with Crippen LogP contribution < -0.4 is 5.32 Å². The van der Waals surface area contributed by atoms with Gasteiger partial charge in [0, 0.05) is 143 Å². The highest BCUT2D eigenvalue weighted by molar-refractivity contribution is 5.96. The Hall–Kier alpha value is -6.96. The second kappa shape index (κ2) is 38.7. The Bertz CT molecular complexity index is 4350. The van der Waals surface area contributed by atoms with Gasteiger partial charge < -0.3 is 24.9 Å². The third-order valence-electron chi connectivity index (χ3n) is 25.8. The minimum Gasteiger partial charge on any atom is -0.338 e. The van der Waals surface area contributed by atoms with E-state index in [0.717, 1.165) is 133 Å². The molecule has 0 saturated carbocycles. The van der Waals surface area contributed by atoms with Gasteiger partial charge in [0.15, 0.2) is 0 Å². The van der Waals surface area contributed by atoms with E-state index in [9.17, 15) is 19.2 Å². The minimum absolute atomic E-state index is 0.0707. The van der Waals surface area contributed by atoms with E-state index >= 15 is 0 Å². The molecule has 0 aromatic heterocycles. The second-order valence-corrected chi connectivity index (χ2v) is 48.0. The van der Waals surface area contributed by atoms with Crippen molar-refractivity contribution in [3.05, 3.63) is 211 Å². The van der Waals surface area contributed by atoms with E-state index in [2.05, 4.69) is 354 Å². The number of carbonyl (C=O) groups is 4. The first-order chi connectivity index (χ1) is 54.7. The molecule has 4 fully saturated rings.